The van der Waals surface area contributed by atoms with E-state index in [1.165, 1.54) is 19.2 Å². The van der Waals surface area contributed by atoms with Crippen molar-refractivity contribution in [2.45, 2.75) is 18.9 Å². The molecule has 1 aliphatic heterocycles. The molecular formula is C16H20ClFN4O2. The predicted octanol–water partition coefficient (Wildman–Crippen LogP) is 2.63. The van der Waals surface area contributed by atoms with E-state index >= 15 is 0 Å². The number of carbonyl (C=O) groups excluding carboxylic acids is 1. The fourth-order valence-corrected chi connectivity index (χ4v) is 2.66. The fraction of sp³-hybridized carbons (Fsp3) is 0.375. The highest BCUT2D eigenvalue weighted by atomic mass is 35.5. The Morgan fingerprint density at radius 2 is 2.29 bits per heavy atom. The van der Waals surface area contributed by atoms with Gasteiger partial charge in [-0.25, -0.2) is 4.39 Å². The summed E-state index contributed by atoms with van der Waals surface area (Å²) in [6.07, 6.45) is 3.94. The first-order chi connectivity index (χ1) is 11.2. The van der Waals surface area contributed by atoms with E-state index in [0.29, 0.717) is 11.4 Å². The number of hydrogen-bond acceptors (Lipinski definition) is 4. The molecule has 1 fully saturated rings. The maximum Gasteiger partial charge on any atom is 0.276 e. The number of methoxy groups -OCH3 is 1. The summed E-state index contributed by atoms with van der Waals surface area (Å²) in [5.74, 6) is -0.752. The number of amides is 1. The van der Waals surface area contributed by atoms with Crippen LogP contribution >= 0.6 is 12.4 Å². The second kappa shape index (κ2) is 8.12. The van der Waals surface area contributed by atoms with Crippen molar-refractivity contribution in [3.8, 4) is 5.75 Å². The van der Waals surface area contributed by atoms with Crippen LogP contribution in [0.15, 0.2) is 30.5 Å². The summed E-state index contributed by atoms with van der Waals surface area (Å²) in [6.45, 7) is 1.88. The van der Waals surface area contributed by atoms with E-state index in [-0.39, 0.29) is 30.1 Å². The standard InChI is InChI=1S/C16H19FN4O2.ClH/c1-23-15-5-4-11(9-13(15)17)19-16(22)14-6-8-21(20-14)12-3-2-7-18-10-12;/h4-6,8-9,12,18H,2-3,7,10H2,1H3,(H,19,22);1H. The van der Waals surface area contributed by atoms with E-state index in [9.17, 15) is 9.18 Å². The Balaban J connectivity index is 0.00000208. The third kappa shape index (κ3) is 4.04. The minimum absolute atomic E-state index is 0. The van der Waals surface area contributed by atoms with Gasteiger partial charge in [-0.3, -0.25) is 9.48 Å². The molecule has 2 aromatic rings. The molecule has 1 unspecified atom stereocenters. The summed E-state index contributed by atoms with van der Waals surface area (Å²) >= 11 is 0. The van der Waals surface area contributed by atoms with Crippen LogP contribution < -0.4 is 15.4 Å². The molecule has 130 valence electrons. The van der Waals surface area contributed by atoms with Gasteiger partial charge in [0, 0.05) is 24.5 Å². The summed E-state index contributed by atoms with van der Waals surface area (Å²) in [4.78, 5) is 12.2. The Morgan fingerprint density at radius 1 is 1.46 bits per heavy atom. The highest BCUT2D eigenvalue weighted by molar-refractivity contribution is 6.02. The second-order valence-corrected chi connectivity index (χ2v) is 5.48. The molecule has 2 heterocycles. The summed E-state index contributed by atoms with van der Waals surface area (Å²) in [5, 5.41) is 10.3. The van der Waals surface area contributed by atoms with Crippen molar-refractivity contribution in [3.05, 3.63) is 42.0 Å². The SMILES string of the molecule is COc1ccc(NC(=O)c2ccn(C3CCCNC3)n2)cc1F.Cl. The maximum atomic E-state index is 13.6. The van der Waals surface area contributed by atoms with Crippen molar-refractivity contribution in [1.29, 1.82) is 0 Å². The number of rotatable bonds is 4. The lowest BCUT2D eigenvalue weighted by molar-refractivity contribution is 0.102. The zero-order chi connectivity index (χ0) is 16.2. The Morgan fingerprint density at radius 3 is 2.96 bits per heavy atom. The summed E-state index contributed by atoms with van der Waals surface area (Å²) in [7, 11) is 1.39. The topological polar surface area (TPSA) is 68.2 Å². The first-order valence-electron chi connectivity index (χ1n) is 7.58. The Hall–Kier alpha value is -2.12. The Labute approximate surface area is 145 Å². The van der Waals surface area contributed by atoms with Crippen LogP contribution in [-0.2, 0) is 0 Å². The van der Waals surface area contributed by atoms with Gasteiger partial charge in [0.2, 0.25) is 0 Å². The van der Waals surface area contributed by atoms with Crippen LogP contribution in [0.1, 0.15) is 29.4 Å². The van der Waals surface area contributed by atoms with Crippen LogP contribution in [-0.4, -0.2) is 35.9 Å². The van der Waals surface area contributed by atoms with Crippen molar-refractivity contribution in [1.82, 2.24) is 15.1 Å². The van der Waals surface area contributed by atoms with Gasteiger partial charge in [-0.15, -0.1) is 12.4 Å². The largest absolute Gasteiger partial charge is 0.494 e. The zero-order valence-electron chi connectivity index (χ0n) is 13.3. The monoisotopic (exact) mass is 354 g/mol. The second-order valence-electron chi connectivity index (χ2n) is 5.48. The van der Waals surface area contributed by atoms with Gasteiger partial charge in [0.1, 0.15) is 0 Å². The number of ether oxygens (including phenoxy) is 1. The molecule has 3 rings (SSSR count). The molecule has 8 heteroatoms. The van der Waals surface area contributed by atoms with Gasteiger partial charge in [-0.1, -0.05) is 0 Å². The van der Waals surface area contributed by atoms with Crippen molar-refractivity contribution >= 4 is 24.0 Å². The zero-order valence-corrected chi connectivity index (χ0v) is 14.1. The highest BCUT2D eigenvalue weighted by Crippen LogP contribution is 2.21. The van der Waals surface area contributed by atoms with Gasteiger partial charge in [0.05, 0.1) is 13.2 Å². The molecule has 1 saturated heterocycles. The minimum Gasteiger partial charge on any atom is -0.494 e. The number of aromatic nitrogens is 2. The molecule has 0 aliphatic carbocycles. The van der Waals surface area contributed by atoms with Gasteiger partial charge in [0.25, 0.3) is 5.91 Å². The Kier molecular flexibility index (Phi) is 6.16. The van der Waals surface area contributed by atoms with Crippen LogP contribution in [0, 0.1) is 5.82 Å². The van der Waals surface area contributed by atoms with Crippen LogP contribution in [0.3, 0.4) is 0 Å². The molecule has 1 aromatic heterocycles. The van der Waals surface area contributed by atoms with Crippen molar-refractivity contribution in [2.75, 3.05) is 25.5 Å². The molecule has 1 aromatic carbocycles. The Bertz CT molecular complexity index is 701. The van der Waals surface area contributed by atoms with Crippen LogP contribution in [0.2, 0.25) is 0 Å². The van der Waals surface area contributed by atoms with Gasteiger partial charge >= 0.3 is 0 Å². The highest BCUT2D eigenvalue weighted by Gasteiger charge is 2.18. The molecule has 24 heavy (non-hydrogen) atoms. The van der Waals surface area contributed by atoms with E-state index in [0.717, 1.165) is 25.9 Å². The van der Waals surface area contributed by atoms with Gasteiger partial charge in [-0.05, 0) is 37.6 Å². The number of piperidine rings is 1. The maximum absolute atomic E-state index is 13.6. The van der Waals surface area contributed by atoms with E-state index < -0.39 is 5.82 Å². The first-order valence-corrected chi connectivity index (χ1v) is 7.58. The van der Waals surface area contributed by atoms with E-state index in [1.807, 2.05) is 4.68 Å². The molecule has 0 bridgehead atoms. The van der Waals surface area contributed by atoms with Crippen LogP contribution in [0.25, 0.3) is 0 Å². The molecular weight excluding hydrogens is 335 g/mol. The lowest BCUT2D eigenvalue weighted by Gasteiger charge is -2.22. The van der Waals surface area contributed by atoms with Crippen molar-refractivity contribution in [3.63, 3.8) is 0 Å². The van der Waals surface area contributed by atoms with E-state index in [2.05, 4.69) is 15.7 Å². The molecule has 0 spiro atoms. The van der Waals surface area contributed by atoms with Gasteiger partial charge in [0.15, 0.2) is 17.3 Å². The number of nitrogens with one attached hydrogen (secondary N) is 2. The van der Waals surface area contributed by atoms with E-state index in [1.54, 1.807) is 18.3 Å². The molecule has 1 amide bonds. The number of hydrogen-bond donors (Lipinski definition) is 2. The quantitative estimate of drug-likeness (QED) is 0.885. The van der Waals surface area contributed by atoms with Crippen molar-refractivity contribution in [2.24, 2.45) is 0 Å². The molecule has 6 nitrogen and oxygen atoms in total. The summed E-state index contributed by atoms with van der Waals surface area (Å²) in [6, 6.07) is 6.21. The molecule has 0 radical (unpaired) electrons. The van der Waals surface area contributed by atoms with Gasteiger partial charge < -0.3 is 15.4 Å². The summed E-state index contributed by atoms with van der Waals surface area (Å²) < 4.78 is 20.3. The minimum atomic E-state index is -0.524. The normalized spacial score (nSPS) is 17.0. The number of nitrogens with zero attached hydrogens (tertiary/aromatic N) is 2. The summed E-state index contributed by atoms with van der Waals surface area (Å²) in [5.41, 5.74) is 0.675. The molecule has 1 atom stereocenters. The number of benzene rings is 1. The lowest BCUT2D eigenvalue weighted by atomic mass is 10.1. The average Bonchev–Trinajstić information content (AvgIpc) is 3.06. The smallest absolute Gasteiger partial charge is 0.276 e. The van der Waals surface area contributed by atoms with Gasteiger partial charge in [-0.2, -0.15) is 5.10 Å². The number of anilines is 1. The third-order valence-electron chi connectivity index (χ3n) is 3.90. The number of carbonyl (C=O) groups is 1. The van der Waals surface area contributed by atoms with Crippen molar-refractivity contribution < 1.29 is 13.9 Å². The van der Waals surface area contributed by atoms with Crippen LogP contribution in [0.5, 0.6) is 5.75 Å². The fourth-order valence-electron chi connectivity index (χ4n) is 2.66. The molecule has 0 saturated carbocycles. The molecule has 1 aliphatic rings. The van der Waals surface area contributed by atoms with E-state index in [4.69, 9.17) is 4.74 Å². The van der Waals surface area contributed by atoms with Crippen LogP contribution in [0.4, 0.5) is 10.1 Å². The molecule has 2 N–H and O–H groups in total. The lowest BCUT2D eigenvalue weighted by Crippen LogP contribution is -2.32. The number of halogens is 2. The first kappa shape index (κ1) is 18.2. The third-order valence-corrected chi connectivity index (χ3v) is 3.90. The predicted molar refractivity (Wildman–Crippen MR) is 91.5 cm³/mol. The average molecular weight is 355 g/mol.